The van der Waals surface area contributed by atoms with E-state index in [1.165, 1.54) is 0 Å². The van der Waals surface area contributed by atoms with Gasteiger partial charge in [0.2, 0.25) is 0 Å². The van der Waals surface area contributed by atoms with Crippen LogP contribution in [0.15, 0.2) is 18.7 Å². The van der Waals surface area contributed by atoms with Gasteiger partial charge >= 0.3 is 0 Å². The van der Waals surface area contributed by atoms with Crippen LogP contribution in [0, 0.1) is 6.92 Å². The number of nitrogens with one attached hydrogen (secondary N) is 2. The fourth-order valence-corrected chi connectivity index (χ4v) is 2.72. The molecule has 0 bridgehead atoms. The van der Waals surface area contributed by atoms with Crippen molar-refractivity contribution in [2.75, 3.05) is 38.7 Å². The molecule has 7 nitrogen and oxygen atoms in total. The number of likely N-dealkylation sites (N-methyl/N-ethyl adjacent to an activating group) is 1. The van der Waals surface area contributed by atoms with E-state index in [2.05, 4.69) is 37.2 Å². The Hall–Kier alpha value is -1.99. The van der Waals surface area contributed by atoms with Gasteiger partial charge in [0.15, 0.2) is 0 Å². The number of aromatic nitrogens is 4. The van der Waals surface area contributed by atoms with Crippen molar-refractivity contribution in [1.82, 2.24) is 24.8 Å². The number of rotatable bonds is 7. The number of H-pyrrole nitrogens is 1. The molecule has 2 N–H and O–H groups in total. The van der Waals surface area contributed by atoms with Crippen LogP contribution in [0.1, 0.15) is 29.4 Å². The molecule has 124 valence electrons. The Morgan fingerprint density at radius 2 is 2.30 bits per heavy atom. The first-order valence-corrected chi connectivity index (χ1v) is 8.03. The molecule has 0 amide bonds. The molecule has 0 radical (unpaired) electrons. The van der Waals surface area contributed by atoms with Crippen LogP contribution >= 0.6 is 0 Å². The van der Waals surface area contributed by atoms with Crippen molar-refractivity contribution < 1.29 is 4.74 Å². The fourth-order valence-electron chi connectivity index (χ4n) is 2.72. The van der Waals surface area contributed by atoms with Crippen molar-refractivity contribution in [3.8, 4) is 0 Å². The minimum Gasteiger partial charge on any atom is -0.381 e. The lowest BCUT2D eigenvalue weighted by atomic mass is 10.1. The molecule has 0 saturated carbocycles. The first-order chi connectivity index (χ1) is 11.2. The summed E-state index contributed by atoms with van der Waals surface area (Å²) in [5, 5.41) is 3.37. The van der Waals surface area contributed by atoms with Gasteiger partial charge in [0, 0.05) is 43.9 Å². The SMILES string of the molecule is Cc1[nH]cnc1CN(C)CCNc1cc([C@H]2CCOC2)ncn1. The van der Waals surface area contributed by atoms with Gasteiger partial charge in [-0.1, -0.05) is 0 Å². The van der Waals surface area contributed by atoms with Crippen LogP contribution in [-0.2, 0) is 11.3 Å². The molecule has 7 heteroatoms. The standard InChI is InChI=1S/C16H24N6O/c1-12-15(20-10-18-12)8-22(2)5-4-17-16-7-14(19-11-21-16)13-3-6-23-9-13/h7,10-11,13H,3-6,8-9H2,1-2H3,(H,18,20)(H,17,19,21)/t13-/m0/s1. The molecule has 0 aromatic carbocycles. The summed E-state index contributed by atoms with van der Waals surface area (Å²) in [5.74, 6) is 1.29. The maximum Gasteiger partial charge on any atom is 0.129 e. The summed E-state index contributed by atoms with van der Waals surface area (Å²) in [7, 11) is 2.09. The van der Waals surface area contributed by atoms with Crippen LogP contribution in [0.4, 0.5) is 5.82 Å². The molecular formula is C16H24N6O. The number of ether oxygens (including phenoxy) is 1. The summed E-state index contributed by atoms with van der Waals surface area (Å²) in [6.07, 6.45) is 4.42. The van der Waals surface area contributed by atoms with Crippen LogP contribution in [-0.4, -0.2) is 58.2 Å². The number of aromatic amines is 1. The zero-order chi connectivity index (χ0) is 16.1. The number of nitrogens with zero attached hydrogens (tertiary/aromatic N) is 4. The summed E-state index contributed by atoms with van der Waals surface area (Å²) >= 11 is 0. The normalized spacial score (nSPS) is 17.8. The molecule has 23 heavy (non-hydrogen) atoms. The second-order valence-electron chi connectivity index (χ2n) is 6.03. The molecule has 3 rings (SSSR count). The molecule has 3 heterocycles. The van der Waals surface area contributed by atoms with Gasteiger partial charge in [-0.2, -0.15) is 0 Å². The average Bonchev–Trinajstić information content (AvgIpc) is 3.20. The highest BCUT2D eigenvalue weighted by molar-refractivity contribution is 5.36. The first kappa shape index (κ1) is 15.9. The van der Waals surface area contributed by atoms with E-state index in [1.807, 2.05) is 13.0 Å². The molecule has 1 fully saturated rings. The Morgan fingerprint density at radius 3 is 3.04 bits per heavy atom. The molecule has 1 atom stereocenters. The van der Waals surface area contributed by atoms with E-state index in [0.29, 0.717) is 5.92 Å². The van der Waals surface area contributed by atoms with Crippen LogP contribution in [0.3, 0.4) is 0 Å². The van der Waals surface area contributed by atoms with Crippen molar-refractivity contribution in [3.63, 3.8) is 0 Å². The maximum absolute atomic E-state index is 5.43. The number of aryl methyl sites for hydroxylation is 1. The number of anilines is 1. The topological polar surface area (TPSA) is 79.0 Å². The minimum atomic E-state index is 0.406. The van der Waals surface area contributed by atoms with E-state index in [0.717, 1.165) is 62.2 Å². The average molecular weight is 316 g/mol. The molecule has 1 saturated heterocycles. The highest BCUT2D eigenvalue weighted by atomic mass is 16.5. The van der Waals surface area contributed by atoms with Gasteiger partial charge in [-0.05, 0) is 20.4 Å². The summed E-state index contributed by atoms with van der Waals surface area (Å²) in [4.78, 5) is 18.3. The van der Waals surface area contributed by atoms with Gasteiger partial charge in [0.1, 0.15) is 12.1 Å². The Bertz CT molecular complexity index is 623. The summed E-state index contributed by atoms with van der Waals surface area (Å²) in [5.41, 5.74) is 3.29. The van der Waals surface area contributed by atoms with E-state index < -0.39 is 0 Å². The van der Waals surface area contributed by atoms with Crippen LogP contribution < -0.4 is 5.32 Å². The lowest BCUT2D eigenvalue weighted by Gasteiger charge is -2.16. The second-order valence-corrected chi connectivity index (χ2v) is 6.03. The fraction of sp³-hybridized carbons (Fsp3) is 0.562. The summed E-state index contributed by atoms with van der Waals surface area (Å²) < 4.78 is 5.43. The number of imidazole rings is 1. The molecule has 0 unspecified atom stereocenters. The van der Waals surface area contributed by atoms with Crippen molar-refractivity contribution in [2.45, 2.75) is 25.8 Å². The monoisotopic (exact) mass is 316 g/mol. The van der Waals surface area contributed by atoms with Crippen LogP contribution in [0.25, 0.3) is 0 Å². The van der Waals surface area contributed by atoms with Gasteiger partial charge in [-0.25, -0.2) is 15.0 Å². The van der Waals surface area contributed by atoms with Gasteiger partial charge in [-0.15, -0.1) is 0 Å². The highest BCUT2D eigenvalue weighted by Crippen LogP contribution is 2.24. The van der Waals surface area contributed by atoms with Gasteiger partial charge in [0.25, 0.3) is 0 Å². The predicted octanol–water partition coefficient (Wildman–Crippen LogP) is 1.56. The van der Waals surface area contributed by atoms with E-state index in [9.17, 15) is 0 Å². The largest absolute Gasteiger partial charge is 0.381 e. The Kier molecular flexibility index (Phi) is 5.19. The van der Waals surface area contributed by atoms with Gasteiger partial charge in [0.05, 0.1) is 24.3 Å². The zero-order valence-electron chi connectivity index (χ0n) is 13.7. The lowest BCUT2D eigenvalue weighted by molar-refractivity contribution is 0.193. The minimum absolute atomic E-state index is 0.406. The third kappa shape index (κ3) is 4.27. The summed E-state index contributed by atoms with van der Waals surface area (Å²) in [6, 6.07) is 2.04. The van der Waals surface area contributed by atoms with Crippen LogP contribution in [0.2, 0.25) is 0 Å². The van der Waals surface area contributed by atoms with Crippen molar-refractivity contribution in [3.05, 3.63) is 35.8 Å². The van der Waals surface area contributed by atoms with E-state index >= 15 is 0 Å². The highest BCUT2D eigenvalue weighted by Gasteiger charge is 2.19. The van der Waals surface area contributed by atoms with Crippen LogP contribution in [0.5, 0.6) is 0 Å². The quantitative estimate of drug-likeness (QED) is 0.807. The maximum atomic E-state index is 5.43. The van der Waals surface area contributed by atoms with Gasteiger partial charge in [-0.3, -0.25) is 4.90 Å². The zero-order valence-corrected chi connectivity index (χ0v) is 13.7. The second kappa shape index (κ2) is 7.52. The first-order valence-electron chi connectivity index (χ1n) is 8.03. The number of hydrogen-bond acceptors (Lipinski definition) is 6. The Balaban J connectivity index is 1.46. The Morgan fingerprint density at radius 1 is 1.39 bits per heavy atom. The van der Waals surface area contributed by atoms with Gasteiger partial charge < -0.3 is 15.0 Å². The van der Waals surface area contributed by atoms with E-state index in [-0.39, 0.29) is 0 Å². The molecule has 2 aromatic rings. The molecule has 1 aliphatic heterocycles. The van der Waals surface area contributed by atoms with Crippen molar-refractivity contribution in [1.29, 1.82) is 0 Å². The smallest absolute Gasteiger partial charge is 0.129 e. The summed E-state index contributed by atoms with van der Waals surface area (Å²) in [6.45, 7) is 6.22. The molecule has 2 aromatic heterocycles. The van der Waals surface area contributed by atoms with Crippen molar-refractivity contribution >= 4 is 5.82 Å². The third-order valence-electron chi connectivity index (χ3n) is 4.19. The lowest BCUT2D eigenvalue weighted by Crippen LogP contribution is -2.25. The third-order valence-corrected chi connectivity index (χ3v) is 4.19. The Labute approximate surface area is 136 Å². The van der Waals surface area contributed by atoms with E-state index in [4.69, 9.17) is 4.74 Å². The molecular weight excluding hydrogens is 292 g/mol. The number of hydrogen-bond donors (Lipinski definition) is 2. The van der Waals surface area contributed by atoms with E-state index in [1.54, 1.807) is 12.7 Å². The molecule has 0 aliphatic carbocycles. The molecule has 1 aliphatic rings. The molecule has 0 spiro atoms. The predicted molar refractivity (Wildman–Crippen MR) is 88.4 cm³/mol. The van der Waals surface area contributed by atoms with Crippen molar-refractivity contribution in [2.24, 2.45) is 0 Å².